The third-order valence-corrected chi connectivity index (χ3v) is 6.69. The van der Waals surface area contributed by atoms with Gasteiger partial charge in [-0.25, -0.2) is 0 Å². The molecule has 1 aliphatic rings. The number of benzene rings is 3. The second-order valence-corrected chi connectivity index (χ2v) is 9.94. The van der Waals surface area contributed by atoms with Crippen molar-refractivity contribution in [2.24, 2.45) is 0 Å². The van der Waals surface area contributed by atoms with Gasteiger partial charge in [0.1, 0.15) is 18.3 Å². The Morgan fingerprint density at radius 1 is 0.756 bits per heavy atom. The highest BCUT2D eigenvalue weighted by Gasteiger charge is 2.50. The van der Waals surface area contributed by atoms with Gasteiger partial charge in [-0.15, -0.1) is 6.58 Å². The normalized spacial score (nSPS) is 22.2. The number of unbranched alkanes of at least 4 members (excludes halogenated alkanes) is 1. The molecule has 0 N–H and O–H groups in total. The molecule has 3 aromatic rings. The van der Waals surface area contributed by atoms with Crippen molar-refractivity contribution in [1.82, 2.24) is 0 Å². The van der Waals surface area contributed by atoms with Crippen molar-refractivity contribution < 1.29 is 33.2 Å². The predicted molar refractivity (Wildman–Crippen MR) is 156 cm³/mol. The van der Waals surface area contributed by atoms with Crippen LogP contribution in [0.4, 0.5) is 0 Å². The smallest absolute Gasteiger partial charge is 0.303 e. The minimum Gasteiger partial charge on any atom is -0.454 e. The predicted octanol–water partition coefficient (Wildman–Crippen LogP) is 6.01. The maximum absolute atomic E-state index is 12.3. The molecule has 0 bridgehead atoms. The molecule has 1 saturated heterocycles. The fourth-order valence-electron chi connectivity index (χ4n) is 4.68. The van der Waals surface area contributed by atoms with E-state index in [-0.39, 0.29) is 6.61 Å². The van der Waals surface area contributed by atoms with Crippen LogP contribution < -0.4 is 0 Å². The Balaban J connectivity index is 1.59. The summed E-state index contributed by atoms with van der Waals surface area (Å²) in [6.45, 7) is 6.84. The highest BCUT2D eigenvalue weighted by molar-refractivity contribution is 5.66. The van der Waals surface area contributed by atoms with Crippen LogP contribution in [0, 0.1) is 0 Å². The Bertz CT molecular complexity index is 1160. The largest absolute Gasteiger partial charge is 0.454 e. The highest BCUT2D eigenvalue weighted by Crippen LogP contribution is 2.31. The minimum atomic E-state index is -0.855. The first-order chi connectivity index (χ1) is 20.1. The van der Waals surface area contributed by atoms with Gasteiger partial charge in [0.15, 0.2) is 12.4 Å². The molecule has 7 nitrogen and oxygen atoms in total. The van der Waals surface area contributed by atoms with Gasteiger partial charge in [0, 0.05) is 6.92 Å². The Hall–Kier alpha value is -3.33. The summed E-state index contributed by atoms with van der Waals surface area (Å²) in [4.78, 5) is 12.3. The van der Waals surface area contributed by atoms with E-state index in [1.165, 1.54) is 6.92 Å². The standard InChI is InChI=1S/C34H40O7/c1-3-4-14-21-37-34-33(40-26(2)35)32(39-24-29-19-12-7-13-20-29)31(38-23-28-17-10-6-11-18-28)30(41-34)25-36-22-27-15-8-5-9-16-27/h3,5-13,15-20,30-34H,1,4,14,21-25H2,2H3/t30?,31-,32-,33?,34+/m0/s1. The lowest BCUT2D eigenvalue weighted by atomic mass is 9.97. The zero-order valence-corrected chi connectivity index (χ0v) is 23.6. The van der Waals surface area contributed by atoms with Crippen molar-refractivity contribution >= 4 is 5.97 Å². The van der Waals surface area contributed by atoms with Crippen molar-refractivity contribution in [1.29, 1.82) is 0 Å². The number of ether oxygens (including phenoxy) is 6. The van der Waals surface area contributed by atoms with Crippen LogP contribution in [-0.4, -0.2) is 49.9 Å². The molecule has 0 aliphatic carbocycles. The average molecular weight is 561 g/mol. The van der Waals surface area contributed by atoms with Crippen LogP contribution in [0.15, 0.2) is 104 Å². The molecular weight excluding hydrogens is 520 g/mol. The number of esters is 1. The number of allylic oxidation sites excluding steroid dienone is 1. The van der Waals surface area contributed by atoms with Crippen LogP contribution in [0.1, 0.15) is 36.5 Å². The summed E-state index contributed by atoms with van der Waals surface area (Å²) in [6, 6.07) is 29.7. The molecule has 3 aromatic carbocycles. The van der Waals surface area contributed by atoms with Crippen LogP contribution in [0.3, 0.4) is 0 Å². The lowest BCUT2D eigenvalue weighted by molar-refractivity contribution is -0.321. The van der Waals surface area contributed by atoms with Crippen LogP contribution in [0.5, 0.6) is 0 Å². The molecule has 41 heavy (non-hydrogen) atoms. The quantitative estimate of drug-likeness (QED) is 0.121. The molecule has 2 unspecified atom stereocenters. The van der Waals surface area contributed by atoms with Gasteiger partial charge in [0.05, 0.1) is 33.0 Å². The van der Waals surface area contributed by atoms with Gasteiger partial charge in [-0.3, -0.25) is 4.79 Å². The first-order valence-corrected chi connectivity index (χ1v) is 14.1. The number of hydrogen-bond donors (Lipinski definition) is 0. The van der Waals surface area contributed by atoms with E-state index >= 15 is 0 Å². The van der Waals surface area contributed by atoms with E-state index < -0.39 is 36.7 Å². The molecule has 0 radical (unpaired) electrons. The molecule has 5 atom stereocenters. The molecule has 0 aromatic heterocycles. The molecule has 1 fully saturated rings. The number of carbonyl (C=O) groups excluding carboxylic acids is 1. The Morgan fingerprint density at radius 3 is 1.83 bits per heavy atom. The molecule has 1 aliphatic heterocycles. The zero-order chi connectivity index (χ0) is 28.7. The average Bonchev–Trinajstić information content (AvgIpc) is 3.00. The number of carbonyl (C=O) groups is 1. The first-order valence-electron chi connectivity index (χ1n) is 14.1. The summed E-state index contributed by atoms with van der Waals surface area (Å²) in [7, 11) is 0. The summed E-state index contributed by atoms with van der Waals surface area (Å²) in [5.41, 5.74) is 3.05. The molecule has 218 valence electrons. The molecule has 0 spiro atoms. The highest BCUT2D eigenvalue weighted by atomic mass is 16.7. The summed E-state index contributed by atoms with van der Waals surface area (Å²) in [5.74, 6) is -0.452. The van der Waals surface area contributed by atoms with Gasteiger partial charge in [-0.2, -0.15) is 0 Å². The molecular formula is C34H40O7. The molecule has 0 amide bonds. The van der Waals surface area contributed by atoms with Gasteiger partial charge < -0.3 is 28.4 Å². The van der Waals surface area contributed by atoms with E-state index in [1.54, 1.807) is 0 Å². The van der Waals surface area contributed by atoms with Crippen LogP contribution >= 0.6 is 0 Å². The van der Waals surface area contributed by atoms with E-state index in [2.05, 4.69) is 6.58 Å². The second-order valence-electron chi connectivity index (χ2n) is 9.94. The van der Waals surface area contributed by atoms with E-state index in [4.69, 9.17) is 28.4 Å². The maximum atomic E-state index is 12.3. The van der Waals surface area contributed by atoms with Gasteiger partial charge in [-0.05, 0) is 29.5 Å². The minimum absolute atomic E-state index is 0.235. The van der Waals surface area contributed by atoms with E-state index in [9.17, 15) is 4.79 Å². The van der Waals surface area contributed by atoms with Gasteiger partial charge in [0.25, 0.3) is 0 Å². The molecule has 7 heteroatoms. The van der Waals surface area contributed by atoms with E-state index in [1.807, 2.05) is 97.1 Å². The number of rotatable bonds is 16. The Labute approximate surface area is 243 Å². The summed E-state index contributed by atoms with van der Waals surface area (Å²) >= 11 is 0. The maximum Gasteiger partial charge on any atom is 0.303 e. The first kappa shape index (κ1) is 30.6. The monoisotopic (exact) mass is 560 g/mol. The summed E-state index contributed by atoms with van der Waals surface area (Å²) < 4.78 is 37.5. The van der Waals surface area contributed by atoms with Gasteiger partial charge in [-0.1, -0.05) is 97.1 Å². The third kappa shape index (κ3) is 9.92. The van der Waals surface area contributed by atoms with Gasteiger partial charge >= 0.3 is 5.97 Å². The summed E-state index contributed by atoms with van der Waals surface area (Å²) in [6.07, 6.45) is -0.121. The van der Waals surface area contributed by atoms with Crippen molar-refractivity contribution in [3.05, 3.63) is 120 Å². The summed E-state index contributed by atoms with van der Waals surface area (Å²) in [5, 5.41) is 0. The van der Waals surface area contributed by atoms with Crippen LogP contribution in [0.25, 0.3) is 0 Å². The lowest BCUT2D eigenvalue weighted by Crippen LogP contribution is -2.62. The van der Waals surface area contributed by atoms with E-state index in [0.717, 1.165) is 29.5 Å². The van der Waals surface area contributed by atoms with Gasteiger partial charge in [0.2, 0.25) is 0 Å². The zero-order valence-electron chi connectivity index (χ0n) is 23.6. The molecule has 4 rings (SSSR count). The third-order valence-electron chi connectivity index (χ3n) is 6.69. The second kappa shape index (κ2) is 16.8. The molecule has 1 heterocycles. The Morgan fingerprint density at radius 2 is 1.29 bits per heavy atom. The fourth-order valence-corrected chi connectivity index (χ4v) is 4.68. The Kier molecular flexibility index (Phi) is 12.6. The van der Waals surface area contributed by atoms with Crippen molar-refractivity contribution in [2.75, 3.05) is 13.2 Å². The van der Waals surface area contributed by atoms with Crippen LogP contribution in [0.2, 0.25) is 0 Å². The van der Waals surface area contributed by atoms with Crippen LogP contribution in [-0.2, 0) is 53.0 Å². The number of hydrogen-bond acceptors (Lipinski definition) is 7. The lowest BCUT2D eigenvalue weighted by Gasteiger charge is -2.45. The fraction of sp³-hybridized carbons (Fsp3) is 0.382. The van der Waals surface area contributed by atoms with E-state index in [0.29, 0.717) is 26.4 Å². The van der Waals surface area contributed by atoms with Crippen molar-refractivity contribution in [2.45, 2.75) is 70.3 Å². The van der Waals surface area contributed by atoms with Crippen molar-refractivity contribution in [3.63, 3.8) is 0 Å². The molecule has 0 saturated carbocycles. The topological polar surface area (TPSA) is 72.5 Å². The van der Waals surface area contributed by atoms with Crippen molar-refractivity contribution in [3.8, 4) is 0 Å². The SMILES string of the molecule is C=CCCCO[C@@H]1OC(COCc2ccccc2)[C@H](OCc2ccccc2)[C@H](OCc2ccccc2)C1OC(C)=O.